The summed E-state index contributed by atoms with van der Waals surface area (Å²) in [5.41, 5.74) is 0. The summed E-state index contributed by atoms with van der Waals surface area (Å²) in [6.45, 7) is 7.35. The van der Waals surface area contributed by atoms with Crippen molar-refractivity contribution < 1.29 is 90.4 Å². The monoisotopic (exact) mass is 1720 g/mol. The quantitative estimate of drug-likeness (QED) is 0.0252. The van der Waals surface area contributed by atoms with Gasteiger partial charge < -0.3 is 66.4 Å². The molecule has 0 saturated carbocycles. The minimum atomic E-state index is -1.23. The highest BCUT2D eigenvalue weighted by molar-refractivity contribution is 5.70. The van der Waals surface area contributed by atoms with Gasteiger partial charge in [0.1, 0.15) is 0 Å². The lowest BCUT2D eigenvalue weighted by Crippen LogP contribution is -2.37. The van der Waals surface area contributed by atoms with Crippen LogP contribution in [0.25, 0.3) is 0 Å². The van der Waals surface area contributed by atoms with E-state index in [0.717, 1.165) is 96.3 Å². The molecular weight excluding hydrogens is 1510 g/mol. The maximum Gasteiger partial charge on any atom is 0.306 e. The van der Waals surface area contributed by atoms with Crippen molar-refractivity contribution in [2.45, 2.75) is 579 Å². The molecular formula is C102H204O18. The Labute approximate surface area is 739 Å². The van der Waals surface area contributed by atoms with E-state index in [4.69, 9.17) is 25.5 Å². The zero-order chi connectivity index (χ0) is 89.7. The van der Waals surface area contributed by atoms with Crippen LogP contribution in [0, 0.1) is 17.8 Å². The molecule has 0 radical (unpaired) electrons. The second kappa shape index (κ2) is 108. The van der Waals surface area contributed by atoms with E-state index in [1.807, 2.05) is 0 Å². The number of unbranched alkanes of at least 4 members (excludes halogenated alkanes) is 68. The van der Waals surface area contributed by atoms with Gasteiger partial charge in [0.05, 0.1) is 56.8 Å². The SMILES string of the molecule is CCCCCCCCCCCCCCCCCC(=O)O.CCCCCCCCCCCCCCCCCC(=O)O.CCCCCCCCCCCCCCCCCC(=O)O.CCCCCCCCCCCCCCCCCC(=O)O.O=C(O)C(CC(O)CO)C(CC(O)CO)C(CCCCCCCCCCCCCCCC(O)CO)CC(O)CO. The van der Waals surface area contributed by atoms with Crippen molar-refractivity contribution in [2.75, 3.05) is 26.4 Å². The molecule has 13 N–H and O–H groups in total. The van der Waals surface area contributed by atoms with Gasteiger partial charge in [-0.25, -0.2) is 0 Å². The van der Waals surface area contributed by atoms with Crippen molar-refractivity contribution in [3.05, 3.63) is 0 Å². The predicted molar refractivity (Wildman–Crippen MR) is 502 cm³/mol. The number of aliphatic carboxylic acids is 5. The third-order valence-corrected chi connectivity index (χ3v) is 24.0. The first-order chi connectivity index (χ1) is 58.3. The van der Waals surface area contributed by atoms with Crippen LogP contribution in [0.5, 0.6) is 0 Å². The molecule has 0 spiro atoms. The van der Waals surface area contributed by atoms with Gasteiger partial charge >= 0.3 is 29.8 Å². The Hall–Kier alpha value is -2.97. The molecule has 0 aromatic carbocycles. The molecule has 0 heterocycles. The molecule has 7 unspecified atom stereocenters. The van der Waals surface area contributed by atoms with E-state index >= 15 is 0 Å². The van der Waals surface area contributed by atoms with Crippen LogP contribution >= 0.6 is 0 Å². The zero-order valence-corrected chi connectivity index (χ0v) is 79.2. The van der Waals surface area contributed by atoms with Crippen molar-refractivity contribution in [1.82, 2.24) is 0 Å². The summed E-state index contributed by atoms with van der Waals surface area (Å²) in [5.74, 6) is -5.83. The number of carboxylic acids is 5. The number of aliphatic hydroxyl groups is 8. The average Bonchev–Trinajstić information content (AvgIpc) is 0.841. The first-order valence-electron chi connectivity index (χ1n) is 51.5. The molecule has 0 aliphatic heterocycles. The molecule has 18 heteroatoms. The van der Waals surface area contributed by atoms with Gasteiger partial charge in [-0.05, 0) is 63.2 Å². The Morgan fingerprint density at radius 3 is 0.525 bits per heavy atom. The van der Waals surface area contributed by atoms with Crippen LogP contribution in [-0.4, -0.2) is 147 Å². The second-order valence-corrected chi connectivity index (χ2v) is 36.0. The van der Waals surface area contributed by atoms with E-state index < -0.39 is 85.9 Å². The highest BCUT2D eigenvalue weighted by Crippen LogP contribution is 2.37. The molecule has 0 aromatic heterocycles. The van der Waals surface area contributed by atoms with Gasteiger partial charge in [-0.2, -0.15) is 0 Å². The number of hydrogen-bond donors (Lipinski definition) is 13. The second-order valence-electron chi connectivity index (χ2n) is 36.0. The lowest BCUT2D eigenvalue weighted by molar-refractivity contribution is -0.147. The van der Waals surface area contributed by atoms with Crippen LogP contribution in [0.3, 0.4) is 0 Å². The molecule has 0 aliphatic rings. The van der Waals surface area contributed by atoms with Crippen molar-refractivity contribution in [3.63, 3.8) is 0 Å². The van der Waals surface area contributed by atoms with E-state index in [2.05, 4.69) is 27.7 Å². The smallest absolute Gasteiger partial charge is 0.306 e. The molecule has 0 rings (SSSR count). The molecule has 0 aliphatic carbocycles. The first-order valence-corrected chi connectivity index (χ1v) is 51.5. The number of carboxylic acid groups (broad SMARTS) is 5. The average molecular weight is 1720 g/mol. The molecule has 18 nitrogen and oxygen atoms in total. The van der Waals surface area contributed by atoms with Crippen LogP contribution in [0.4, 0.5) is 0 Å². The molecule has 720 valence electrons. The molecule has 0 aromatic rings. The number of hydrogen-bond acceptors (Lipinski definition) is 13. The fourth-order valence-electron chi connectivity index (χ4n) is 16.2. The standard InChI is InChI=1S/C30H60O10.4C18H36O2/c31-19-24(35)15-13-11-9-7-5-3-1-2-4-6-8-10-12-14-23(16-25(36)20-32)28(17-26(37)21-33)29(30(39)40)18-27(38)22-34;4*1-2-3-4-5-6-7-8-9-10-11-12-13-14-15-16-17-18(19)20/h23-29,31-38H,1-22H2,(H,39,40);4*2-17H2,1H3,(H,19,20). The van der Waals surface area contributed by atoms with Gasteiger partial charge in [0, 0.05) is 25.7 Å². The lowest BCUT2D eigenvalue weighted by atomic mass is 9.72. The summed E-state index contributed by atoms with van der Waals surface area (Å²) in [7, 11) is 0. The Morgan fingerprint density at radius 1 is 0.192 bits per heavy atom. The molecule has 0 fully saturated rings. The Balaban J connectivity index is -0.000000478. The van der Waals surface area contributed by atoms with E-state index in [1.54, 1.807) is 0 Å². The Bertz CT molecular complexity index is 1820. The largest absolute Gasteiger partial charge is 0.481 e. The predicted octanol–water partition coefficient (Wildman–Crippen LogP) is 27.7. The summed E-state index contributed by atoms with van der Waals surface area (Å²) in [5, 5.41) is 120. The lowest BCUT2D eigenvalue weighted by Gasteiger charge is -2.35. The van der Waals surface area contributed by atoms with Crippen LogP contribution in [-0.2, 0) is 24.0 Å². The molecule has 7 atom stereocenters. The zero-order valence-electron chi connectivity index (χ0n) is 79.2. The topological polar surface area (TPSA) is 348 Å². The highest BCUT2D eigenvalue weighted by Gasteiger charge is 2.37. The normalized spacial score (nSPS) is 13.0. The van der Waals surface area contributed by atoms with E-state index in [0.29, 0.717) is 38.5 Å². The minimum Gasteiger partial charge on any atom is -0.481 e. The maximum absolute atomic E-state index is 12.1. The number of carbonyl (C=O) groups is 5. The van der Waals surface area contributed by atoms with Crippen LogP contribution in [0.2, 0.25) is 0 Å². The summed E-state index contributed by atoms with van der Waals surface area (Å²) >= 11 is 0. The van der Waals surface area contributed by atoms with Gasteiger partial charge in [-0.3, -0.25) is 24.0 Å². The number of aliphatic hydroxyl groups excluding tert-OH is 8. The van der Waals surface area contributed by atoms with E-state index in [1.165, 1.54) is 372 Å². The fraction of sp³-hybridized carbons (Fsp3) is 0.951. The third kappa shape index (κ3) is 113. The summed E-state index contributed by atoms with van der Waals surface area (Å²) in [6, 6.07) is 0. The molecule has 120 heavy (non-hydrogen) atoms. The summed E-state index contributed by atoms with van der Waals surface area (Å²) in [6.07, 6.45) is 92.4. The van der Waals surface area contributed by atoms with Crippen molar-refractivity contribution >= 4 is 29.8 Å². The first kappa shape index (κ1) is 126. The van der Waals surface area contributed by atoms with Crippen LogP contribution in [0.1, 0.15) is 554 Å². The third-order valence-electron chi connectivity index (χ3n) is 24.0. The summed E-state index contributed by atoms with van der Waals surface area (Å²) in [4.78, 5) is 53.4. The van der Waals surface area contributed by atoms with E-state index in [9.17, 15) is 64.8 Å². The fourth-order valence-corrected chi connectivity index (χ4v) is 16.2. The van der Waals surface area contributed by atoms with E-state index in [-0.39, 0.29) is 31.8 Å². The van der Waals surface area contributed by atoms with Gasteiger partial charge in [-0.15, -0.1) is 0 Å². The Morgan fingerprint density at radius 2 is 0.350 bits per heavy atom. The van der Waals surface area contributed by atoms with Crippen molar-refractivity contribution in [1.29, 1.82) is 0 Å². The van der Waals surface area contributed by atoms with Crippen LogP contribution in [0.15, 0.2) is 0 Å². The van der Waals surface area contributed by atoms with Crippen molar-refractivity contribution in [2.24, 2.45) is 17.8 Å². The maximum atomic E-state index is 12.1. The molecule has 0 saturated heterocycles. The molecule has 0 amide bonds. The van der Waals surface area contributed by atoms with Gasteiger partial charge in [0.15, 0.2) is 0 Å². The highest BCUT2D eigenvalue weighted by atomic mass is 16.4. The molecule has 0 bridgehead atoms. The number of rotatable bonds is 93. The van der Waals surface area contributed by atoms with Crippen molar-refractivity contribution in [3.8, 4) is 0 Å². The Kier molecular flexibility index (Phi) is 113. The minimum absolute atomic E-state index is 0.0126. The van der Waals surface area contributed by atoms with Gasteiger partial charge in [0.2, 0.25) is 0 Å². The van der Waals surface area contributed by atoms with Gasteiger partial charge in [0.25, 0.3) is 0 Å². The summed E-state index contributed by atoms with van der Waals surface area (Å²) < 4.78 is 0. The van der Waals surface area contributed by atoms with Gasteiger partial charge in [-0.1, -0.05) is 477 Å². The van der Waals surface area contributed by atoms with Crippen LogP contribution < -0.4 is 0 Å².